The molecule has 0 N–H and O–H groups in total. The van der Waals surface area contributed by atoms with Crippen LogP contribution in [0.1, 0.15) is 32.2 Å². The van der Waals surface area contributed by atoms with E-state index in [4.69, 9.17) is 0 Å². The molecule has 0 atom stereocenters. The second kappa shape index (κ2) is 10.5. The minimum atomic E-state index is 0.0327. The molecule has 36 heavy (non-hydrogen) atoms. The van der Waals surface area contributed by atoms with Crippen molar-refractivity contribution < 1.29 is 9.59 Å². The van der Waals surface area contributed by atoms with Crippen molar-refractivity contribution in [2.75, 3.05) is 0 Å². The van der Waals surface area contributed by atoms with Gasteiger partial charge in [-0.3, -0.25) is 9.59 Å². The molecule has 0 radical (unpaired) electrons. The lowest BCUT2D eigenvalue weighted by atomic mass is 10.1. The smallest absolute Gasteiger partial charge is 0.173 e. The van der Waals surface area contributed by atoms with Crippen LogP contribution < -0.4 is 0 Å². The van der Waals surface area contributed by atoms with Crippen molar-refractivity contribution in [2.24, 2.45) is 0 Å². The van der Waals surface area contributed by atoms with Gasteiger partial charge in [0.1, 0.15) is 0 Å². The van der Waals surface area contributed by atoms with Gasteiger partial charge in [0.05, 0.1) is 9.75 Å². The number of Topliss-reactive ketones (excluding diaryl/α,β-unsaturated/α-hetero) is 2. The highest BCUT2D eigenvalue weighted by Crippen LogP contribution is 2.40. The summed E-state index contributed by atoms with van der Waals surface area (Å²) in [6, 6.07) is 24.7. The molecular formula is C28H18O2S6. The highest BCUT2D eigenvalue weighted by Gasteiger charge is 2.17. The fourth-order valence-corrected chi connectivity index (χ4v) is 9.57. The summed E-state index contributed by atoms with van der Waals surface area (Å²) in [7, 11) is 0. The highest BCUT2D eigenvalue weighted by atomic mass is 32.1. The van der Waals surface area contributed by atoms with Gasteiger partial charge in [-0.05, 0) is 71.4 Å². The van der Waals surface area contributed by atoms with E-state index in [9.17, 15) is 9.59 Å². The summed E-state index contributed by atoms with van der Waals surface area (Å²) >= 11 is 9.98. The molecule has 2 nitrogen and oxygen atoms in total. The number of rotatable bonds is 9. The van der Waals surface area contributed by atoms with Crippen LogP contribution in [0.2, 0.25) is 0 Å². The van der Waals surface area contributed by atoms with E-state index in [1.165, 1.54) is 51.9 Å². The van der Waals surface area contributed by atoms with Crippen molar-refractivity contribution in [1.82, 2.24) is 0 Å². The van der Waals surface area contributed by atoms with E-state index in [1.54, 1.807) is 45.3 Å². The van der Waals surface area contributed by atoms with E-state index < -0.39 is 0 Å². The third-order valence-corrected chi connectivity index (χ3v) is 12.5. The molecule has 8 heteroatoms. The Kier molecular flexibility index (Phi) is 6.97. The predicted octanol–water partition coefficient (Wildman–Crippen LogP) is 10.6. The first-order chi connectivity index (χ1) is 17.6. The minimum absolute atomic E-state index is 0.0327. The van der Waals surface area contributed by atoms with Gasteiger partial charge < -0.3 is 0 Å². The lowest BCUT2D eigenvalue weighted by Crippen LogP contribution is -2.02. The molecule has 0 saturated heterocycles. The van der Waals surface area contributed by atoms with Crippen LogP contribution in [-0.2, 0) is 0 Å². The van der Waals surface area contributed by atoms with E-state index in [0.29, 0.717) is 0 Å². The summed E-state index contributed by atoms with van der Waals surface area (Å²) in [6.07, 6.45) is 0.469. The van der Waals surface area contributed by atoms with Crippen molar-refractivity contribution in [2.45, 2.75) is 12.8 Å². The van der Waals surface area contributed by atoms with Gasteiger partial charge in [-0.15, -0.1) is 68.0 Å². The summed E-state index contributed by atoms with van der Waals surface area (Å²) in [5.41, 5.74) is 0. The van der Waals surface area contributed by atoms with Gasteiger partial charge in [-0.25, -0.2) is 0 Å². The molecule has 6 aromatic rings. The first kappa shape index (κ1) is 23.9. The zero-order chi connectivity index (χ0) is 24.5. The Morgan fingerprint density at radius 2 is 0.806 bits per heavy atom. The van der Waals surface area contributed by atoms with Crippen LogP contribution in [-0.4, -0.2) is 11.6 Å². The van der Waals surface area contributed by atoms with Crippen LogP contribution in [0.3, 0.4) is 0 Å². The van der Waals surface area contributed by atoms with Crippen LogP contribution in [0.25, 0.3) is 39.0 Å². The van der Waals surface area contributed by atoms with E-state index in [2.05, 4.69) is 59.3 Å². The van der Waals surface area contributed by atoms with Gasteiger partial charge >= 0.3 is 0 Å². The molecule has 0 bridgehead atoms. The molecule has 0 saturated carbocycles. The molecule has 6 aromatic heterocycles. The predicted molar refractivity (Wildman–Crippen MR) is 160 cm³/mol. The van der Waals surface area contributed by atoms with E-state index in [0.717, 1.165) is 19.5 Å². The zero-order valence-corrected chi connectivity index (χ0v) is 23.7. The molecule has 0 amide bonds. The molecule has 0 fully saturated rings. The van der Waals surface area contributed by atoms with Gasteiger partial charge in [0, 0.05) is 51.9 Å². The fourth-order valence-electron chi connectivity index (χ4n) is 3.76. The molecule has 178 valence electrons. The van der Waals surface area contributed by atoms with E-state index in [-0.39, 0.29) is 24.4 Å². The van der Waals surface area contributed by atoms with Crippen molar-refractivity contribution >= 4 is 79.6 Å². The molecule has 6 rings (SSSR count). The maximum absolute atomic E-state index is 12.8. The molecule has 0 aliphatic carbocycles. The topological polar surface area (TPSA) is 34.1 Å². The van der Waals surface area contributed by atoms with Crippen LogP contribution in [0.4, 0.5) is 0 Å². The van der Waals surface area contributed by atoms with Crippen LogP contribution in [0, 0.1) is 0 Å². The highest BCUT2D eigenvalue weighted by molar-refractivity contribution is 7.27. The van der Waals surface area contributed by atoms with Gasteiger partial charge in [0.15, 0.2) is 11.6 Å². The number of hydrogen-bond acceptors (Lipinski definition) is 8. The maximum atomic E-state index is 12.8. The number of hydrogen-bond donors (Lipinski definition) is 0. The van der Waals surface area contributed by atoms with Crippen LogP contribution in [0.5, 0.6) is 0 Å². The normalized spacial score (nSPS) is 11.2. The third-order valence-electron chi connectivity index (χ3n) is 5.57. The molecular weight excluding hydrogens is 561 g/mol. The standard InChI is InChI=1S/C28H18O2S6/c29-17(19-7-9-25(33-19)27-13-11-23(35-27)21-3-1-15-31-21)5-6-18(30)20-8-10-26(34-20)28-14-12-24(36-28)22-4-2-16-32-22/h1-4,7-16H,5-6H2. The molecule has 0 aliphatic rings. The third kappa shape index (κ3) is 5.02. The molecule has 0 spiro atoms. The number of carbonyl (C=O) groups excluding carboxylic acids is 2. The monoisotopic (exact) mass is 578 g/mol. The number of ketones is 2. The lowest BCUT2D eigenvalue weighted by molar-refractivity contribution is 0.0921. The first-order valence-electron chi connectivity index (χ1n) is 11.2. The van der Waals surface area contributed by atoms with Gasteiger partial charge in [-0.2, -0.15) is 0 Å². The van der Waals surface area contributed by atoms with Crippen LogP contribution >= 0.6 is 68.0 Å². The SMILES string of the molecule is O=C(CCC(=O)c1ccc(-c2ccc(-c3cccs3)s2)s1)c1ccc(-c2ccc(-c3cccs3)s2)s1. The van der Waals surface area contributed by atoms with E-state index >= 15 is 0 Å². The van der Waals surface area contributed by atoms with E-state index in [1.807, 2.05) is 24.3 Å². The Morgan fingerprint density at radius 1 is 0.444 bits per heavy atom. The van der Waals surface area contributed by atoms with Crippen molar-refractivity contribution in [3.05, 3.63) is 93.3 Å². The summed E-state index contributed by atoms with van der Waals surface area (Å²) in [5.74, 6) is 0.0653. The maximum Gasteiger partial charge on any atom is 0.173 e. The summed E-state index contributed by atoms with van der Waals surface area (Å²) in [4.78, 5) is 36.6. The molecule has 0 unspecified atom stereocenters. The Balaban J connectivity index is 1.08. The van der Waals surface area contributed by atoms with Gasteiger partial charge in [-0.1, -0.05) is 12.1 Å². The average molecular weight is 579 g/mol. The molecule has 6 heterocycles. The van der Waals surface area contributed by atoms with Crippen molar-refractivity contribution in [3.63, 3.8) is 0 Å². The summed E-state index contributed by atoms with van der Waals surface area (Å²) < 4.78 is 0. The Bertz CT molecular complexity index is 1500. The van der Waals surface area contributed by atoms with Crippen molar-refractivity contribution in [1.29, 1.82) is 0 Å². The second-order valence-corrected chi connectivity index (χ2v) is 14.2. The average Bonchev–Trinajstić information content (AvgIpc) is 3.75. The number of carbonyl (C=O) groups is 2. The Morgan fingerprint density at radius 3 is 1.19 bits per heavy atom. The minimum Gasteiger partial charge on any atom is -0.293 e. The largest absolute Gasteiger partial charge is 0.293 e. The number of thiophene rings is 6. The zero-order valence-electron chi connectivity index (χ0n) is 18.8. The van der Waals surface area contributed by atoms with Crippen molar-refractivity contribution in [3.8, 4) is 39.0 Å². The Hall–Kier alpha value is -2.46. The lowest BCUT2D eigenvalue weighted by Gasteiger charge is -1.98. The Labute approximate surface area is 232 Å². The van der Waals surface area contributed by atoms with Gasteiger partial charge in [0.25, 0.3) is 0 Å². The first-order valence-corrected chi connectivity index (χ1v) is 16.2. The fraction of sp³-hybridized carbons (Fsp3) is 0.0714. The quantitative estimate of drug-likeness (QED) is 0.160. The summed E-state index contributed by atoms with van der Waals surface area (Å²) in [6.45, 7) is 0. The molecule has 0 aliphatic heterocycles. The second-order valence-electron chi connectivity index (χ2n) is 7.96. The molecule has 0 aromatic carbocycles. The summed E-state index contributed by atoms with van der Waals surface area (Å²) in [5, 5.41) is 4.17. The van der Waals surface area contributed by atoms with Crippen LogP contribution in [0.15, 0.2) is 83.6 Å². The van der Waals surface area contributed by atoms with Gasteiger partial charge in [0.2, 0.25) is 0 Å².